The molecule has 0 spiro atoms. The van der Waals surface area contributed by atoms with Crippen molar-refractivity contribution in [2.24, 2.45) is 5.73 Å². The number of carbonyl (C=O) groups is 2. The highest BCUT2D eigenvalue weighted by molar-refractivity contribution is 7.80. The van der Waals surface area contributed by atoms with Gasteiger partial charge in [-0.3, -0.25) is 9.69 Å². The van der Waals surface area contributed by atoms with Crippen molar-refractivity contribution in [3.05, 3.63) is 35.1 Å². The average Bonchev–Trinajstić information content (AvgIpc) is 2.64. The van der Waals surface area contributed by atoms with Crippen molar-refractivity contribution >= 4 is 29.1 Å². The van der Waals surface area contributed by atoms with Gasteiger partial charge in [-0.25, -0.2) is 9.18 Å². The predicted octanol–water partition coefficient (Wildman–Crippen LogP) is 1.68. The van der Waals surface area contributed by atoms with E-state index >= 15 is 0 Å². The van der Waals surface area contributed by atoms with E-state index in [1.165, 1.54) is 12.1 Å². The number of halogens is 1. The third-order valence-electron chi connectivity index (χ3n) is 3.72. The Morgan fingerprint density at radius 2 is 2.14 bits per heavy atom. The number of benzene rings is 1. The normalized spacial score (nSPS) is 21.6. The molecule has 3 amide bonds. The quantitative estimate of drug-likeness (QED) is 0.655. The molecule has 0 bridgehead atoms. The second kappa shape index (κ2) is 5.40. The van der Waals surface area contributed by atoms with Gasteiger partial charge in [0.25, 0.3) is 5.91 Å². The van der Waals surface area contributed by atoms with Gasteiger partial charge in [-0.15, -0.1) is 0 Å². The highest BCUT2D eigenvalue weighted by Crippen LogP contribution is 2.24. The van der Waals surface area contributed by atoms with Crippen LogP contribution in [0.25, 0.3) is 0 Å². The van der Waals surface area contributed by atoms with Crippen LogP contribution in [0.1, 0.15) is 31.4 Å². The molecule has 3 N–H and O–H groups in total. The Balaban J connectivity index is 2.31. The van der Waals surface area contributed by atoms with Crippen LogP contribution in [0.4, 0.5) is 9.18 Å². The van der Waals surface area contributed by atoms with E-state index in [1.54, 1.807) is 19.9 Å². The minimum absolute atomic E-state index is 0.0649. The van der Waals surface area contributed by atoms with Gasteiger partial charge < -0.3 is 11.1 Å². The maximum absolute atomic E-state index is 14.3. The van der Waals surface area contributed by atoms with Crippen LogP contribution >= 0.6 is 12.2 Å². The van der Waals surface area contributed by atoms with Gasteiger partial charge in [0.15, 0.2) is 0 Å². The van der Waals surface area contributed by atoms with Crippen molar-refractivity contribution in [3.63, 3.8) is 0 Å². The number of nitrogens with two attached hydrogens (primary N) is 1. The van der Waals surface area contributed by atoms with Crippen molar-refractivity contribution in [1.29, 1.82) is 0 Å². The van der Waals surface area contributed by atoms with Crippen LogP contribution in [0.3, 0.4) is 0 Å². The number of nitrogens with one attached hydrogen (secondary N) is 1. The first-order chi connectivity index (χ1) is 9.80. The van der Waals surface area contributed by atoms with Crippen LogP contribution < -0.4 is 11.1 Å². The highest BCUT2D eigenvalue weighted by Gasteiger charge is 2.46. The number of amides is 3. The molecule has 1 aliphatic heterocycles. The molecular formula is C14H16FN3O2S. The molecule has 1 heterocycles. The molecule has 0 aromatic heterocycles. The van der Waals surface area contributed by atoms with Crippen LogP contribution in [0, 0.1) is 5.82 Å². The summed E-state index contributed by atoms with van der Waals surface area (Å²) in [6.07, 6.45) is 0.462. The molecule has 1 atom stereocenters. The van der Waals surface area contributed by atoms with E-state index in [-0.39, 0.29) is 28.6 Å². The molecule has 5 nitrogen and oxygen atoms in total. The van der Waals surface area contributed by atoms with Crippen LogP contribution in [0.2, 0.25) is 0 Å². The molecule has 0 aliphatic carbocycles. The third-order valence-corrected chi connectivity index (χ3v) is 3.94. The Morgan fingerprint density at radius 3 is 2.67 bits per heavy atom. The van der Waals surface area contributed by atoms with Crippen LogP contribution in [0.15, 0.2) is 18.2 Å². The molecule has 1 unspecified atom stereocenters. The molecule has 0 saturated carbocycles. The zero-order valence-corrected chi connectivity index (χ0v) is 12.6. The zero-order valence-electron chi connectivity index (χ0n) is 11.8. The lowest BCUT2D eigenvalue weighted by Crippen LogP contribution is -2.43. The van der Waals surface area contributed by atoms with Gasteiger partial charge in [-0.2, -0.15) is 0 Å². The van der Waals surface area contributed by atoms with Crippen LogP contribution in [0.5, 0.6) is 0 Å². The number of thiocarbonyl (C=S) groups is 1. The van der Waals surface area contributed by atoms with E-state index in [2.05, 4.69) is 5.32 Å². The Labute approximate surface area is 127 Å². The van der Waals surface area contributed by atoms with Gasteiger partial charge in [-0.05, 0) is 19.4 Å². The van der Waals surface area contributed by atoms with E-state index in [0.29, 0.717) is 6.42 Å². The molecule has 112 valence electrons. The van der Waals surface area contributed by atoms with E-state index < -0.39 is 17.4 Å². The molecule has 0 radical (unpaired) electrons. The SMILES string of the molecule is CCC1(C)NC(=O)N(Cc2cccc(C(N)=S)c2F)C1=O. The molecule has 1 aromatic carbocycles. The summed E-state index contributed by atoms with van der Waals surface area (Å²) in [7, 11) is 0. The van der Waals surface area contributed by atoms with E-state index in [1.807, 2.05) is 0 Å². The first-order valence-electron chi connectivity index (χ1n) is 6.51. The second-order valence-corrected chi connectivity index (χ2v) is 5.59. The summed E-state index contributed by atoms with van der Waals surface area (Å²) in [6.45, 7) is 3.30. The van der Waals surface area contributed by atoms with Crippen molar-refractivity contribution < 1.29 is 14.0 Å². The average molecular weight is 309 g/mol. The van der Waals surface area contributed by atoms with Gasteiger partial charge in [0, 0.05) is 11.1 Å². The van der Waals surface area contributed by atoms with Crippen molar-refractivity contribution in [1.82, 2.24) is 10.2 Å². The lowest BCUT2D eigenvalue weighted by molar-refractivity contribution is -0.131. The standard InChI is InChI=1S/C14H16FN3O2S/c1-3-14(2)12(19)18(13(20)17-14)7-8-5-4-6-9(10(8)15)11(16)21/h4-6H,3,7H2,1-2H3,(H2,16,21)(H,17,20). The van der Waals surface area contributed by atoms with Crippen LogP contribution in [-0.2, 0) is 11.3 Å². The lowest BCUT2D eigenvalue weighted by Gasteiger charge is -2.19. The summed E-state index contributed by atoms with van der Waals surface area (Å²) >= 11 is 4.77. The number of urea groups is 1. The second-order valence-electron chi connectivity index (χ2n) is 5.15. The Bertz CT molecular complexity index is 635. The zero-order chi connectivity index (χ0) is 15.8. The van der Waals surface area contributed by atoms with E-state index in [0.717, 1.165) is 4.90 Å². The number of imide groups is 1. The third kappa shape index (κ3) is 2.61. The summed E-state index contributed by atoms with van der Waals surface area (Å²) in [5.74, 6) is -0.967. The van der Waals surface area contributed by atoms with Crippen molar-refractivity contribution in [2.45, 2.75) is 32.4 Å². The maximum Gasteiger partial charge on any atom is 0.325 e. The fraction of sp³-hybridized carbons (Fsp3) is 0.357. The summed E-state index contributed by atoms with van der Waals surface area (Å²) in [4.78, 5) is 25.1. The van der Waals surface area contributed by atoms with Gasteiger partial charge >= 0.3 is 6.03 Å². The fourth-order valence-corrected chi connectivity index (χ4v) is 2.35. The summed E-state index contributed by atoms with van der Waals surface area (Å²) in [5.41, 5.74) is 4.81. The highest BCUT2D eigenvalue weighted by atomic mass is 32.1. The fourth-order valence-electron chi connectivity index (χ4n) is 2.19. The van der Waals surface area contributed by atoms with Crippen molar-refractivity contribution in [2.75, 3.05) is 0 Å². The minimum atomic E-state index is -0.936. The predicted molar refractivity (Wildman–Crippen MR) is 80.1 cm³/mol. The smallest absolute Gasteiger partial charge is 0.325 e. The van der Waals surface area contributed by atoms with E-state index in [4.69, 9.17) is 18.0 Å². The lowest BCUT2D eigenvalue weighted by atomic mass is 9.99. The molecule has 21 heavy (non-hydrogen) atoms. The Morgan fingerprint density at radius 1 is 1.48 bits per heavy atom. The maximum atomic E-state index is 14.3. The molecule has 1 fully saturated rings. The Hall–Kier alpha value is -2.02. The largest absolute Gasteiger partial charge is 0.389 e. The number of hydrogen-bond donors (Lipinski definition) is 2. The topological polar surface area (TPSA) is 75.4 Å². The van der Waals surface area contributed by atoms with Gasteiger partial charge in [0.2, 0.25) is 0 Å². The molecule has 1 saturated heterocycles. The van der Waals surface area contributed by atoms with Gasteiger partial charge in [0.05, 0.1) is 6.54 Å². The summed E-state index contributed by atoms with van der Waals surface area (Å²) in [6, 6.07) is 4.02. The summed E-state index contributed by atoms with van der Waals surface area (Å²) in [5, 5.41) is 2.62. The van der Waals surface area contributed by atoms with Gasteiger partial charge in [0.1, 0.15) is 16.3 Å². The molecule has 2 rings (SSSR count). The van der Waals surface area contributed by atoms with Crippen molar-refractivity contribution in [3.8, 4) is 0 Å². The molecular weight excluding hydrogens is 293 g/mol. The Kier molecular flexibility index (Phi) is 3.95. The van der Waals surface area contributed by atoms with E-state index in [9.17, 15) is 14.0 Å². The first-order valence-corrected chi connectivity index (χ1v) is 6.92. The summed E-state index contributed by atoms with van der Waals surface area (Å²) < 4.78 is 14.3. The number of hydrogen-bond acceptors (Lipinski definition) is 3. The molecule has 1 aromatic rings. The molecule has 1 aliphatic rings. The monoisotopic (exact) mass is 309 g/mol. The number of carbonyl (C=O) groups excluding carboxylic acids is 2. The van der Waals surface area contributed by atoms with Gasteiger partial charge in [-0.1, -0.05) is 31.3 Å². The number of nitrogens with zero attached hydrogens (tertiary/aromatic N) is 1. The minimum Gasteiger partial charge on any atom is -0.389 e. The van der Waals surface area contributed by atoms with Crippen LogP contribution in [-0.4, -0.2) is 27.4 Å². The first kappa shape index (κ1) is 15.4. The molecule has 7 heteroatoms. The number of rotatable bonds is 4.